The minimum Gasteiger partial charge on any atom is -0.463 e. The van der Waals surface area contributed by atoms with Gasteiger partial charge in [0, 0.05) is 50.9 Å². The van der Waals surface area contributed by atoms with Crippen molar-refractivity contribution in [2.45, 2.75) is 79.1 Å². The molecule has 2 aromatic heterocycles. The molecule has 1 aliphatic rings. The summed E-state index contributed by atoms with van der Waals surface area (Å²) in [6.45, 7) is 10.9. The van der Waals surface area contributed by atoms with E-state index >= 15 is 0 Å². The van der Waals surface area contributed by atoms with Crippen molar-refractivity contribution in [3.05, 3.63) is 51.9 Å². The van der Waals surface area contributed by atoms with E-state index in [1.165, 1.54) is 0 Å². The van der Waals surface area contributed by atoms with Crippen LogP contribution in [-0.4, -0.2) is 61.3 Å². The maximum absolute atomic E-state index is 12.5. The van der Waals surface area contributed by atoms with E-state index in [0.717, 1.165) is 47.4 Å². The van der Waals surface area contributed by atoms with Gasteiger partial charge in [-0.1, -0.05) is 6.07 Å². The predicted molar refractivity (Wildman–Crippen MR) is 155 cm³/mol. The van der Waals surface area contributed by atoms with Crippen molar-refractivity contribution in [1.29, 1.82) is 0 Å². The number of aromatic nitrogens is 3. The Hall–Kier alpha value is -3.46. The van der Waals surface area contributed by atoms with Crippen molar-refractivity contribution in [3.8, 4) is 11.4 Å². The number of imidazole rings is 1. The number of benzene rings is 1. The zero-order valence-corrected chi connectivity index (χ0v) is 24.5. The molecule has 40 heavy (non-hydrogen) atoms. The second-order valence-corrected chi connectivity index (χ2v) is 11.5. The highest BCUT2D eigenvalue weighted by atomic mass is 16.5. The quantitative estimate of drug-likeness (QED) is 0.406. The van der Waals surface area contributed by atoms with Gasteiger partial charge in [0.25, 0.3) is 5.56 Å². The van der Waals surface area contributed by atoms with Gasteiger partial charge in [0.2, 0.25) is 5.91 Å². The lowest BCUT2D eigenvalue weighted by Crippen LogP contribution is -2.39. The molecule has 1 aliphatic heterocycles. The average Bonchev–Trinajstić information content (AvgIpc) is 3.24. The number of fused-ring (bicyclic) bond motifs is 1. The number of amides is 1. The number of aliphatic hydroxyl groups is 1. The Morgan fingerprint density at radius 2 is 1.95 bits per heavy atom. The number of piperidine rings is 1. The van der Waals surface area contributed by atoms with E-state index in [0.29, 0.717) is 37.4 Å². The van der Waals surface area contributed by atoms with Crippen LogP contribution in [0.15, 0.2) is 35.3 Å². The lowest BCUT2D eigenvalue weighted by atomic mass is 9.95. The van der Waals surface area contributed by atoms with Gasteiger partial charge in [-0.05, 0) is 83.1 Å². The van der Waals surface area contributed by atoms with Crippen LogP contribution in [0.3, 0.4) is 0 Å². The summed E-state index contributed by atoms with van der Waals surface area (Å²) in [7, 11) is 1.75. The summed E-state index contributed by atoms with van der Waals surface area (Å²) in [5, 5.41) is 10.2. The molecule has 4 rings (SSSR count). The molecule has 0 aliphatic carbocycles. The topological polar surface area (TPSA) is 107 Å². The summed E-state index contributed by atoms with van der Waals surface area (Å²) in [5.41, 5.74) is 4.30. The number of carbonyl (C=O) groups excluding carboxylic acids is 2. The van der Waals surface area contributed by atoms with Gasteiger partial charge in [-0.25, -0.2) is 4.98 Å². The Morgan fingerprint density at radius 3 is 2.60 bits per heavy atom. The molecule has 3 heterocycles. The Morgan fingerprint density at radius 1 is 1.20 bits per heavy atom. The summed E-state index contributed by atoms with van der Waals surface area (Å²) in [4.78, 5) is 43.9. The van der Waals surface area contributed by atoms with Crippen molar-refractivity contribution in [2.24, 2.45) is 18.9 Å². The van der Waals surface area contributed by atoms with Crippen LogP contribution < -0.4 is 5.56 Å². The van der Waals surface area contributed by atoms with Gasteiger partial charge in [-0.15, -0.1) is 0 Å². The van der Waals surface area contributed by atoms with E-state index in [9.17, 15) is 19.5 Å². The van der Waals surface area contributed by atoms with Crippen LogP contribution in [0.4, 0.5) is 0 Å². The second kappa shape index (κ2) is 12.4. The van der Waals surface area contributed by atoms with Crippen LogP contribution in [-0.2, 0) is 34.3 Å². The van der Waals surface area contributed by atoms with E-state index in [1.54, 1.807) is 39.3 Å². The zero-order valence-electron chi connectivity index (χ0n) is 24.5. The van der Waals surface area contributed by atoms with Gasteiger partial charge in [-0.3, -0.25) is 14.4 Å². The highest BCUT2D eigenvalue weighted by Gasteiger charge is 2.27. The molecule has 9 nitrogen and oxygen atoms in total. The lowest BCUT2D eigenvalue weighted by Gasteiger charge is -2.32. The largest absolute Gasteiger partial charge is 0.463 e. The minimum absolute atomic E-state index is 0.0401. The van der Waals surface area contributed by atoms with Crippen molar-refractivity contribution in [2.75, 3.05) is 13.1 Å². The summed E-state index contributed by atoms with van der Waals surface area (Å²) in [5.74, 6) is 0.200. The molecule has 0 spiro atoms. The fourth-order valence-electron chi connectivity index (χ4n) is 5.69. The number of ether oxygens (including phenoxy) is 1. The Kier molecular flexibility index (Phi) is 9.13. The second-order valence-electron chi connectivity index (χ2n) is 11.5. The molecule has 1 saturated heterocycles. The van der Waals surface area contributed by atoms with Gasteiger partial charge >= 0.3 is 5.97 Å². The van der Waals surface area contributed by atoms with Gasteiger partial charge in [0.15, 0.2) is 0 Å². The molecule has 9 heteroatoms. The third-order valence-electron chi connectivity index (χ3n) is 7.82. The highest BCUT2D eigenvalue weighted by molar-refractivity contribution is 5.81. The minimum atomic E-state index is -0.807. The van der Waals surface area contributed by atoms with Crippen molar-refractivity contribution >= 4 is 22.9 Å². The average molecular weight is 551 g/mol. The van der Waals surface area contributed by atoms with Crippen LogP contribution in [0.1, 0.15) is 58.1 Å². The van der Waals surface area contributed by atoms with Crippen LogP contribution in [0.5, 0.6) is 0 Å². The summed E-state index contributed by atoms with van der Waals surface area (Å²) in [6.07, 6.45) is 3.84. The van der Waals surface area contributed by atoms with Crippen LogP contribution >= 0.6 is 0 Å². The molecule has 1 amide bonds. The first-order valence-corrected chi connectivity index (χ1v) is 14.3. The van der Waals surface area contributed by atoms with Crippen LogP contribution in [0.25, 0.3) is 22.4 Å². The lowest BCUT2D eigenvalue weighted by molar-refractivity contribution is -0.156. The first kappa shape index (κ1) is 29.5. The first-order valence-electron chi connectivity index (χ1n) is 14.3. The third-order valence-corrected chi connectivity index (χ3v) is 7.82. The fourth-order valence-corrected chi connectivity index (χ4v) is 5.69. The number of carbonyl (C=O) groups is 2. The number of nitrogens with zero attached hydrogens (tertiary/aromatic N) is 4. The summed E-state index contributed by atoms with van der Waals surface area (Å²) < 4.78 is 9.16. The maximum atomic E-state index is 12.5. The van der Waals surface area contributed by atoms with E-state index in [4.69, 9.17) is 9.72 Å². The fraction of sp³-hybridized carbons (Fsp3) is 0.548. The number of aryl methyl sites for hydroxylation is 3. The smallest absolute Gasteiger partial charge is 0.311 e. The van der Waals surface area contributed by atoms with Crippen molar-refractivity contribution < 1.29 is 19.4 Å². The first-order chi connectivity index (χ1) is 18.9. The number of hydrogen-bond donors (Lipinski definition) is 1. The third kappa shape index (κ3) is 6.63. The predicted octanol–water partition coefficient (Wildman–Crippen LogP) is 3.85. The highest BCUT2D eigenvalue weighted by Crippen LogP contribution is 2.29. The van der Waals surface area contributed by atoms with Crippen LogP contribution in [0, 0.1) is 18.8 Å². The van der Waals surface area contributed by atoms with Crippen molar-refractivity contribution in [3.63, 3.8) is 0 Å². The standard InChI is InChI=1S/C31H42N4O5/c1-19(2)40-31(39)26(21(4)36)11-9-23-10-12-28-27(15-23)32-29(25-14-20(3)30(38)33(6)18-25)35(28)17-24-8-7-13-34(16-24)22(5)37/h10,12,14-15,18-19,21,24,26,36H,7-9,11,13,16-17H2,1-6H3/t21-,24+,26+/m1/s1. The number of esters is 1. The Labute approximate surface area is 235 Å². The summed E-state index contributed by atoms with van der Waals surface area (Å²) in [6, 6.07) is 8.04. The van der Waals surface area contributed by atoms with Gasteiger partial charge in [0.05, 0.1) is 29.2 Å². The molecule has 3 atom stereocenters. The molecule has 0 radical (unpaired) electrons. The van der Waals surface area contributed by atoms with E-state index in [2.05, 4.69) is 10.6 Å². The molecule has 1 N–H and O–H groups in total. The molecule has 216 valence electrons. The van der Waals surface area contributed by atoms with E-state index < -0.39 is 12.0 Å². The maximum Gasteiger partial charge on any atom is 0.311 e. The zero-order chi connectivity index (χ0) is 29.1. The van der Waals surface area contributed by atoms with Gasteiger partial charge in [-0.2, -0.15) is 0 Å². The monoisotopic (exact) mass is 550 g/mol. The summed E-state index contributed by atoms with van der Waals surface area (Å²) >= 11 is 0. The molecule has 1 fully saturated rings. The normalized spacial score (nSPS) is 17.3. The number of hydrogen-bond acceptors (Lipinski definition) is 6. The number of pyridine rings is 1. The SMILES string of the molecule is CC(=O)N1CCC[C@H](Cn2c(-c3cc(C)c(=O)n(C)c3)nc3cc(CC[C@H](C(=O)OC(C)C)[C@@H](C)O)ccc32)C1. The van der Waals surface area contributed by atoms with E-state index in [1.807, 2.05) is 36.2 Å². The Bertz CT molecular complexity index is 1410. The molecule has 0 unspecified atom stereocenters. The molecule has 3 aromatic rings. The van der Waals surface area contributed by atoms with Gasteiger partial charge < -0.3 is 23.9 Å². The molecular formula is C31H42N4O5. The van der Waals surface area contributed by atoms with Crippen molar-refractivity contribution in [1.82, 2.24) is 19.0 Å². The number of aliphatic hydroxyl groups excluding tert-OH is 1. The molecular weight excluding hydrogens is 508 g/mol. The Balaban J connectivity index is 1.68. The number of rotatable bonds is 9. The molecule has 0 saturated carbocycles. The molecule has 1 aromatic carbocycles. The van der Waals surface area contributed by atoms with E-state index in [-0.39, 0.29) is 23.5 Å². The number of likely N-dealkylation sites (tertiary alicyclic amines) is 1. The van der Waals surface area contributed by atoms with Gasteiger partial charge in [0.1, 0.15) is 5.82 Å². The molecule has 0 bridgehead atoms. The van der Waals surface area contributed by atoms with Crippen LogP contribution in [0.2, 0.25) is 0 Å².